The van der Waals surface area contributed by atoms with E-state index in [0.717, 1.165) is 16.6 Å². The molecular formula is C28H38BrF4NO4Si. The molecule has 0 aliphatic heterocycles. The highest BCUT2D eigenvalue weighted by atomic mass is 79.9. The number of rotatable bonds is 9. The van der Waals surface area contributed by atoms with Crippen molar-refractivity contribution >= 4 is 30.3 Å². The van der Waals surface area contributed by atoms with Gasteiger partial charge in [-0.2, -0.15) is 13.2 Å². The van der Waals surface area contributed by atoms with Gasteiger partial charge < -0.3 is 18.8 Å². The van der Waals surface area contributed by atoms with Gasteiger partial charge in [0.1, 0.15) is 23.8 Å². The first-order valence-corrected chi connectivity index (χ1v) is 16.3. The predicted octanol–water partition coefficient (Wildman–Crippen LogP) is 8.94. The second kappa shape index (κ2) is 12.6. The summed E-state index contributed by atoms with van der Waals surface area (Å²) in [6, 6.07) is 7.91. The lowest BCUT2D eigenvalue weighted by Gasteiger charge is -2.37. The quantitative estimate of drug-likeness (QED) is 0.204. The number of nitrogens with zero attached hydrogens (tertiary/aromatic N) is 1. The van der Waals surface area contributed by atoms with Crippen LogP contribution in [0.15, 0.2) is 40.9 Å². The number of halogens is 5. The number of hydrogen-bond acceptors (Lipinski definition) is 4. The number of hydrogen-bond donors (Lipinski definition) is 0. The van der Waals surface area contributed by atoms with E-state index in [2.05, 4.69) is 49.8 Å². The summed E-state index contributed by atoms with van der Waals surface area (Å²) < 4.78 is 71.6. The van der Waals surface area contributed by atoms with E-state index in [1.165, 1.54) is 11.0 Å². The molecule has 0 saturated heterocycles. The van der Waals surface area contributed by atoms with Crippen LogP contribution in [0.2, 0.25) is 18.1 Å². The van der Waals surface area contributed by atoms with Gasteiger partial charge in [0.15, 0.2) is 8.32 Å². The van der Waals surface area contributed by atoms with Crippen LogP contribution in [0.25, 0.3) is 0 Å². The van der Waals surface area contributed by atoms with Crippen LogP contribution in [-0.4, -0.2) is 38.1 Å². The molecular weight excluding hydrogens is 598 g/mol. The fourth-order valence-electron chi connectivity index (χ4n) is 3.25. The van der Waals surface area contributed by atoms with Crippen molar-refractivity contribution in [1.82, 2.24) is 4.90 Å². The Labute approximate surface area is 238 Å². The maximum Gasteiger partial charge on any atom is 0.419 e. The number of carbonyl (C=O) groups excluding carboxylic acids is 1. The van der Waals surface area contributed by atoms with Crippen molar-refractivity contribution in [3.05, 3.63) is 63.4 Å². The van der Waals surface area contributed by atoms with Gasteiger partial charge in [0.2, 0.25) is 0 Å². The topological polar surface area (TPSA) is 48.0 Å². The van der Waals surface area contributed by atoms with Crippen LogP contribution in [0, 0.1) is 5.82 Å². The van der Waals surface area contributed by atoms with Crippen molar-refractivity contribution < 1.29 is 36.3 Å². The summed E-state index contributed by atoms with van der Waals surface area (Å²) in [5.74, 6) is -0.974. The summed E-state index contributed by atoms with van der Waals surface area (Å²) in [5.41, 5.74) is -1.30. The molecule has 0 heterocycles. The molecule has 2 rings (SSSR count). The van der Waals surface area contributed by atoms with E-state index < -0.39 is 37.6 Å². The molecule has 218 valence electrons. The minimum Gasteiger partial charge on any atom is -0.489 e. The average molecular weight is 637 g/mol. The third kappa shape index (κ3) is 10.1. The van der Waals surface area contributed by atoms with Gasteiger partial charge in [0, 0.05) is 16.6 Å². The number of benzene rings is 2. The van der Waals surface area contributed by atoms with Gasteiger partial charge in [-0.3, -0.25) is 0 Å². The fourth-order valence-corrected chi connectivity index (χ4v) is 4.69. The standard InChI is InChI=1S/C28H38BrF4NO4Si/c1-26(2,3)38-25(35)34(13-14-37-39(7,8)27(4,5)6)17-20-16-21(29)10-12-24(20)36-18-19-9-11-23(30)22(15-19)28(31,32)33/h9-12,15-16H,13-14,17-18H2,1-8H3. The van der Waals surface area contributed by atoms with Crippen LogP contribution in [0.3, 0.4) is 0 Å². The van der Waals surface area contributed by atoms with Gasteiger partial charge in [-0.1, -0.05) is 42.8 Å². The Morgan fingerprint density at radius 2 is 1.64 bits per heavy atom. The summed E-state index contributed by atoms with van der Waals surface area (Å²) in [4.78, 5) is 14.6. The van der Waals surface area contributed by atoms with Crippen LogP contribution in [0.4, 0.5) is 22.4 Å². The molecule has 0 radical (unpaired) electrons. The number of amides is 1. The first kappa shape index (κ1) is 33.1. The number of ether oxygens (including phenoxy) is 2. The minimum atomic E-state index is -4.82. The Hall–Kier alpha value is -2.11. The molecule has 0 aliphatic carbocycles. The Morgan fingerprint density at radius 3 is 2.21 bits per heavy atom. The van der Waals surface area contributed by atoms with Gasteiger partial charge >= 0.3 is 12.3 Å². The molecule has 0 unspecified atom stereocenters. The molecule has 0 bridgehead atoms. The lowest BCUT2D eigenvalue weighted by Crippen LogP contribution is -2.44. The lowest BCUT2D eigenvalue weighted by atomic mass is 10.1. The molecule has 5 nitrogen and oxygen atoms in total. The fraction of sp³-hybridized carbons (Fsp3) is 0.536. The summed E-state index contributed by atoms with van der Waals surface area (Å²) in [7, 11) is -2.06. The molecule has 0 fully saturated rings. The zero-order chi connectivity index (χ0) is 29.8. The van der Waals surface area contributed by atoms with Gasteiger partial charge in [-0.25, -0.2) is 9.18 Å². The molecule has 1 amide bonds. The summed E-state index contributed by atoms with van der Waals surface area (Å²) >= 11 is 3.43. The SMILES string of the molecule is CC(C)(C)OC(=O)N(CCO[Si](C)(C)C(C)(C)C)Cc1cc(Br)ccc1OCc1ccc(F)c(C(F)(F)F)c1. The highest BCUT2D eigenvalue weighted by Gasteiger charge is 2.37. The molecule has 11 heteroatoms. The molecule has 0 N–H and O–H groups in total. The second-order valence-electron chi connectivity index (χ2n) is 11.9. The molecule has 0 atom stereocenters. The molecule has 2 aromatic carbocycles. The Morgan fingerprint density at radius 1 is 1.00 bits per heavy atom. The van der Waals surface area contributed by atoms with Crippen LogP contribution < -0.4 is 4.74 Å². The van der Waals surface area contributed by atoms with Crippen molar-refractivity contribution in [2.75, 3.05) is 13.2 Å². The van der Waals surface area contributed by atoms with E-state index in [9.17, 15) is 22.4 Å². The van der Waals surface area contributed by atoms with Gasteiger partial charge in [0.25, 0.3) is 0 Å². The Kier molecular flexibility index (Phi) is 10.7. The zero-order valence-electron chi connectivity index (χ0n) is 23.8. The highest BCUT2D eigenvalue weighted by molar-refractivity contribution is 9.10. The van der Waals surface area contributed by atoms with Gasteiger partial charge in [0.05, 0.1) is 18.7 Å². The smallest absolute Gasteiger partial charge is 0.419 e. The minimum absolute atomic E-state index is 0.00137. The number of carbonyl (C=O) groups is 1. The van der Waals surface area contributed by atoms with Crippen molar-refractivity contribution in [3.63, 3.8) is 0 Å². The van der Waals surface area contributed by atoms with Gasteiger partial charge in [-0.15, -0.1) is 0 Å². The average Bonchev–Trinajstić information content (AvgIpc) is 2.76. The van der Waals surface area contributed by atoms with E-state index in [1.807, 2.05) is 0 Å². The molecule has 39 heavy (non-hydrogen) atoms. The van der Waals surface area contributed by atoms with Crippen LogP contribution in [0.5, 0.6) is 5.75 Å². The van der Waals surface area contributed by atoms with Crippen LogP contribution in [0.1, 0.15) is 58.2 Å². The summed E-state index contributed by atoms with van der Waals surface area (Å²) in [6.07, 6.45) is -5.34. The molecule has 0 spiro atoms. The molecule has 0 saturated carbocycles. The van der Waals surface area contributed by atoms with E-state index in [-0.39, 0.29) is 30.3 Å². The van der Waals surface area contributed by atoms with Crippen molar-refractivity contribution in [2.45, 2.75) is 84.6 Å². The molecule has 2 aromatic rings. The Bertz CT molecular complexity index is 1140. The van der Waals surface area contributed by atoms with E-state index in [4.69, 9.17) is 13.9 Å². The summed E-state index contributed by atoms with van der Waals surface area (Å²) in [5, 5.41) is 0.00137. The normalized spacial score (nSPS) is 12.8. The predicted molar refractivity (Wildman–Crippen MR) is 150 cm³/mol. The Balaban J connectivity index is 2.28. The van der Waals surface area contributed by atoms with Crippen LogP contribution in [-0.2, 0) is 28.5 Å². The van der Waals surface area contributed by atoms with Crippen LogP contribution >= 0.6 is 15.9 Å². The first-order chi connectivity index (χ1) is 17.7. The third-order valence-electron chi connectivity index (χ3n) is 6.40. The van der Waals surface area contributed by atoms with Crippen molar-refractivity contribution in [3.8, 4) is 5.75 Å². The maximum absolute atomic E-state index is 13.7. The number of alkyl halides is 3. The maximum atomic E-state index is 13.7. The molecule has 0 aromatic heterocycles. The third-order valence-corrected chi connectivity index (χ3v) is 11.4. The van der Waals surface area contributed by atoms with E-state index >= 15 is 0 Å². The molecule has 0 aliphatic rings. The lowest BCUT2D eigenvalue weighted by molar-refractivity contribution is -0.140. The largest absolute Gasteiger partial charge is 0.489 e. The van der Waals surface area contributed by atoms with E-state index in [0.29, 0.717) is 17.9 Å². The van der Waals surface area contributed by atoms with Gasteiger partial charge in [-0.05, 0) is 74.8 Å². The van der Waals surface area contributed by atoms with E-state index in [1.54, 1.807) is 39.0 Å². The first-order valence-electron chi connectivity index (χ1n) is 12.6. The monoisotopic (exact) mass is 635 g/mol. The highest BCUT2D eigenvalue weighted by Crippen LogP contribution is 2.36. The van der Waals surface area contributed by atoms with Crippen molar-refractivity contribution in [1.29, 1.82) is 0 Å². The second-order valence-corrected chi connectivity index (χ2v) is 17.6. The zero-order valence-corrected chi connectivity index (χ0v) is 26.3. The summed E-state index contributed by atoms with van der Waals surface area (Å²) in [6.45, 7) is 16.5. The van der Waals surface area contributed by atoms with Crippen molar-refractivity contribution in [2.24, 2.45) is 0 Å².